The van der Waals surface area contributed by atoms with Gasteiger partial charge in [-0.2, -0.15) is 0 Å². The Morgan fingerprint density at radius 1 is 1.39 bits per heavy atom. The van der Waals surface area contributed by atoms with E-state index in [2.05, 4.69) is 4.98 Å². The Labute approximate surface area is 113 Å². The molecule has 1 heterocycles. The molecule has 3 N–H and O–H groups in total. The van der Waals surface area contributed by atoms with E-state index in [9.17, 15) is 4.79 Å². The molecule has 0 saturated carbocycles. The zero-order chi connectivity index (χ0) is 13.1. The smallest absolute Gasteiger partial charge is 0.337 e. The summed E-state index contributed by atoms with van der Waals surface area (Å²) >= 11 is 7.16. The number of nitrogens with zero attached hydrogens (tertiary/aromatic N) is 1. The molecule has 4 nitrogen and oxygen atoms in total. The molecule has 2 aromatic rings. The largest absolute Gasteiger partial charge is 0.478 e. The van der Waals surface area contributed by atoms with Gasteiger partial charge < -0.3 is 10.8 Å². The molecule has 0 amide bonds. The van der Waals surface area contributed by atoms with Gasteiger partial charge in [-0.25, -0.2) is 9.78 Å². The summed E-state index contributed by atoms with van der Waals surface area (Å²) in [6, 6.07) is 8.50. The van der Waals surface area contributed by atoms with Gasteiger partial charge in [-0.3, -0.25) is 0 Å². The van der Waals surface area contributed by atoms with E-state index >= 15 is 0 Å². The maximum atomic E-state index is 11.1. The van der Waals surface area contributed by atoms with Crippen LogP contribution in [0.15, 0.2) is 46.3 Å². The van der Waals surface area contributed by atoms with Crippen LogP contribution in [-0.2, 0) is 0 Å². The Balaban J connectivity index is 2.37. The summed E-state index contributed by atoms with van der Waals surface area (Å²) in [6.45, 7) is 0. The number of rotatable bonds is 3. The van der Waals surface area contributed by atoms with Crippen molar-refractivity contribution in [2.45, 2.75) is 9.79 Å². The average Bonchev–Trinajstić information content (AvgIpc) is 2.31. The minimum atomic E-state index is -1.03. The van der Waals surface area contributed by atoms with Crippen molar-refractivity contribution in [2.24, 2.45) is 0 Å². The number of benzene rings is 1. The van der Waals surface area contributed by atoms with Crippen LogP contribution in [0.25, 0.3) is 0 Å². The van der Waals surface area contributed by atoms with E-state index in [-0.39, 0.29) is 11.4 Å². The van der Waals surface area contributed by atoms with Gasteiger partial charge in [-0.1, -0.05) is 29.4 Å². The number of anilines is 1. The third-order valence-electron chi connectivity index (χ3n) is 2.14. The fourth-order valence-corrected chi connectivity index (χ4v) is 2.57. The van der Waals surface area contributed by atoms with Crippen LogP contribution in [0, 0.1) is 0 Å². The highest BCUT2D eigenvalue weighted by atomic mass is 35.5. The van der Waals surface area contributed by atoms with Gasteiger partial charge in [-0.15, -0.1) is 0 Å². The standard InChI is InChI=1S/C12H9ClN2O2S/c13-7-2-1-3-8(4-7)18-10-6-15-11(14)5-9(10)12(16)17/h1-6H,(H2,14,15)(H,16,17). The summed E-state index contributed by atoms with van der Waals surface area (Å²) in [7, 11) is 0. The Hall–Kier alpha value is -1.72. The third kappa shape index (κ3) is 2.94. The van der Waals surface area contributed by atoms with E-state index < -0.39 is 5.97 Å². The van der Waals surface area contributed by atoms with Gasteiger partial charge in [0, 0.05) is 21.0 Å². The number of hydrogen-bond acceptors (Lipinski definition) is 4. The highest BCUT2D eigenvalue weighted by Gasteiger charge is 2.12. The second-order valence-corrected chi connectivity index (χ2v) is 5.02. The van der Waals surface area contributed by atoms with Crippen LogP contribution in [-0.4, -0.2) is 16.1 Å². The predicted octanol–water partition coefficient (Wildman–Crippen LogP) is 3.17. The van der Waals surface area contributed by atoms with Crippen molar-refractivity contribution in [3.8, 4) is 0 Å². The summed E-state index contributed by atoms with van der Waals surface area (Å²) < 4.78 is 0. The van der Waals surface area contributed by atoms with E-state index in [1.807, 2.05) is 6.07 Å². The number of pyridine rings is 1. The molecule has 2 rings (SSSR count). The highest BCUT2D eigenvalue weighted by molar-refractivity contribution is 7.99. The van der Waals surface area contributed by atoms with Crippen molar-refractivity contribution in [3.63, 3.8) is 0 Å². The molecule has 0 bridgehead atoms. The molecule has 0 atom stereocenters. The third-order valence-corrected chi connectivity index (χ3v) is 3.41. The van der Waals surface area contributed by atoms with Crippen LogP contribution in [0.4, 0.5) is 5.82 Å². The molecule has 0 fully saturated rings. The van der Waals surface area contributed by atoms with E-state index in [0.717, 1.165) is 4.90 Å². The number of halogens is 1. The molecule has 0 saturated heterocycles. The molecule has 6 heteroatoms. The molecular formula is C12H9ClN2O2S. The monoisotopic (exact) mass is 280 g/mol. The topological polar surface area (TPSA) is 76.2 Å². The molecule has 1 aromatic carbocycles. The fourth-order valence-electron chi connectivity index (χ4n) is 1.36. The van der Waals surface area contributed by atoms with Gasteiger partial charge in [0.15, 0.2) is 0 Å². The van der Waals surface area contributed by atoms with E-state index in [1.54, 1.807) is 18.2 Å². The molecular weight excluding hydrogens is 272 g/mol. The summed E-state index contributed by atoms with van der Waals surface area (Å²) in [5.74, 6) is -0.850. The lowest BCUT2D eigenvalue weighted by Gasteiger charge is -2.06. The van der Waals surface area contributed by atoms with Crippen LogP contribution < -0.4 is 5.73 Å². The number of nitrogens with two attached hydrogens (primary N) is 1. The van der Waals surface area contributed by atoms with Gasteiger partial charge in [-0.05, 0) is 24.3 Å². The predicted molar refractivity (Wildman–Crippen MR) is 71.2 cm³/mol. The zero-order valence-corrected chi connectivity index (χ0v) is 10.7. The quantitative estimate of drug-likeness (QED) is 0.903. The van der Waals surface area contributed by atoms with Gasteiger partial charge in [0.25, 0.3) is 0 Å². The minimum Gasteiger partial charge on any atom is -0.478 e. The van der Waals surface area contributed by atoms with Gasteiger partial charge in [0.1, 0.15) is 5.82 Å². The van der Waals surface area contributed by atoms with Crippen molar-refractivity contribution in [2.75, 3.05) is 5.73 Å². The first-order valence-electron chi connectivity index (χ1n) is 4.98. The Kier molecular flexibility index (Phi) is 3.74. The van der Waals surface area contributed by atoms with E-state index in [4.69, 9.17) is 22.4 Å². The number of aromatic carboxylic acids is 1. The number of carbonyl (C=O) groups is 1. The van der Waals surface area contributed by atoms with Crippen LogP contribution in [0.2, 0.25) is 5.02 Å². The van der Waals surface area contributed by atoms with Crippen LogP contribution in [0.1, 0.15) is 10.4 Å². The van der Waals surface area contributed by atoms with Crippen molar-refractivity contribution in [1.82, 2.24) is 4.98 Å². The highest BCUT2D eigenvalue weighted by Crippen LogP contribution is 2.31. The minimum absolute atomic E-state index is 0.132. The second-order valence-electron chi connectivity index (χ2n) is 3.47. The zero-order valence-electron chi connectivity index (χ0n) is 9.13. The summed E-state index contributed by atoms with van der Waals surface area (Å²) in [6.07, 6.45) is 1.45. The molecule has 1 aromatic heterocycles. The van der Waals surface area contributed by atoms with E-state index in [0.29, 0.717) is 9.92 Å². The Morgan fingerprint density at radius 2 is 2.17 bits per heavy atom. The number of hydrogen-bond donors (Lipinski definition) is 2. The maximum Gasteiger partial charge on any atom is 0.337 e. The number of aromatic nitrogens is 1. The number of carboxylic acid groups (broad SMARTS) is 1. The first-order valence-corrected chi connectivity index (χ1v) is 6.18. The second kappa shape index (κ2) is 5.29. The van der Waals surface area contributed by atoms with E-state index in [1.165, 1.54) is 24.0 Å². The lowest BCUT2D eigenvalue weighted by molar-refractivity contribution is 0.0693. The van der Waals surface area contributed by atoms with Gasteiger partial charge in [0.2, 0.25) is 0 Å². The SMILES string of the molecule is Nc1cc(C(=O)O)c(Sc2cccc(Cl)c2)cn1. The average molecular weight is 281 g/mol. The summed E-state index contributed by atoms with van der Waals surface area (Å²) in [4.78, 5) is 16.4. The normalized spacial score (nSPS) is 10.3. The van der Waals surface area contributed by atoms with Crippen molar-refractivity contribution in [3.05, 3.63) is 47.1 Å². The lowest BCUT2D eigenvalue weighted by atomic mass is 10.2. The fraction of sp³-hybridized carbons (Fsp3) is 0. The molecule has 0 aliphatic carbocycles. The van der Waals surface area contributed by atoms with Crippen molar-refractivity contribution < 1.29 is 9.90 Å². The molecule has 92 valence electrons. The number of nitrogen functional groups attached to an aromatic ring is 1. The molecule has 0 radical (unpaired) electrons. The Morgan fingerprint density at radius 3 is 2.83 bits per heavy atom. The van der Waals surface area contributed by atoms with Crippen LogP contribution >= 0.6 is 23.4 Å². The van der Waals surface area contributed by atoms with Crippen molar-refractivity contribution >= 4 is 35.1 Å². The molecule has 0 aliphatic rings. The molecule has 18 heavy (non-hydrogen) atoms. The summed E-state index contributed by atoms with van der Waals surface area (Å²) in [5, 5.41) is 9.70. The maximum absolute atomic E-state index is 11.1. The van der Waals surface area contributed by atoms with Crippen LogP contribution in [0.3, 0.4) is 0 Å². The first-order chi connectivity index (χ1) is 8.56. The first kappa shape index (κ1) is 12.7. The van der Waals surface area contributed by atoms with Gasteiger partial charge in [0.05, 0.1) is 5.56 Å². The molecule has 0 unspecified atom stereocenters. The Bertz CT molecular complexity index is 604. The lowest BCUT2D eigenvalue weighted by Crippen LogP contribution is -2.02. The molecule has 0 aliphatic heterocycles. The summed E-state index contributed by atoms with van der Waals surface area (Å²) in [5.41, 5.74) is 5.61. The number of carboxylic acids is 1. The van der Waals surface area contributed by atoms with Crippen molar-refractivity contribution in [1.29, 1.82) is 0 Å². The van der Waals surface area contributed by atoms with Crippen LogP contribution in [0.5, 0.6) is 0 Å². The molecule has 0 spiro atoms. The van der Waals surface area contributed by atoms with Gasteiger partial charge >= 0.3 is 5.97 Å².